The number of furan rings is 1. The molecular weight excluding hydrogens is 204 g/mol. The molecule has 0 aliphatic rings. The van der Waals surface area contributed by atoms with Crippen LogP contribution >= 0.6 is 0 Å². The van der Waals surface area contributed by atoms with Crippen LogP contribution in [0.3, 0.4) is 0 Å². The standard InChI is InChI=1S/C13H20O3/c1-4-13(5-2,16-6-3)12(14)9-11-7-8-15-10-11/h7-8,10H,4-6,9H2,1-3H3. The Labute approximate surface area is 96.8 Å². The predicted molar refractivity (Wildman–Crippen MR) is 62.4 cm³/mol. The van der Waals surface area contributed by atoms with Crippen molar-refractivity contribution < 1.29 is 13.9 Å². The number of ether oxygens (including phenoxy) is 1. The summed E-state index contributed by atoms with van der Waals surface area (Å²) in [6, 6.07) is 1.82. The number of carbonyl (C=O) groups excluding carboxylic acids is 1. The van der Waals surface area contributed by atoms with Gasteiger partial charge in [-0.15, -0.1) is 0 Å². The van der Waals surface area contributed by atoms with Crippen LogP contribution < -0.4 is 0 Å². The number of hydrogen-bond acceptors (Lipinski definition) is 3. The van der Waals surface area contributed by atoms with Gasteiger partial charge in [0, 0.05) is 13.0 Å². The molecule has 1 rings (SSSR count). The van der Waals surface area contributed by atoms with E-state index in [-0.39, 0.29) is 5.78 Å². The summed E-state index contributed by atoms with van der Waals surface area (Å²) in [5.41, 5.74) is 0.294. The van der Waals surface area contributed by atoms with Gasteiger partial charge in [0.05, 0.1) is 12.5 Å². The van der Waals surface area contributed by atoms with E-state index in [9.17, 15) is 4.79 Å². The van der Waals surface area contributed by atoms with Crippen LogP contribution in [0.4, 0.5) is 0 Å². The van der Waals surface area contributed by atoms with Gasteiger partial charge in [-0.1, -0.05) is 13.8 Å². The fourth-order valence-corrected chi connectivity index (χ4v) is 1.94. The Morgan fingerprint density at radius 3 is 2.50 bits per heavy atom. The van der Waals surface area contributed by atoms with Crippen LogP contribution in [0.25, 0.3) is 0 Å². The Balaban J connectivity index is 2.74. The van der Waals surface area contributed by atoms with Crippen molar-refractivity contribution in [1.29, 1.82) is 0 Å². The zero-order chi connectivity index (χ0) is 12.0. The Hall–Kier alpha value is -1.09. The van der Waals surface area contributed by atoms with E-state index in [1.165, 1.54) is 0 Å². The van der Waals surface area contributed by atoms with Crippen LogP contribution in [0.1, 0.15) is 39.2 Å². The molecule has 0 unspecified atom stereocenters. The molecule has 1 aromatic rings. The van der Waals surface area contributed by atoms with Crippen molar-refractivity contribution in [2.24, 2.45) is 0 Å². The van der Waals surface area contributed by atoms with Crippen molar-refractivity contribution in [1.82, 2.24) is 0 Å². The average molecular weight is 224 g/mol. The first-order valence-electron chi connectivity index (χ1n) is 5.86. The Kier molecular flexibility index (Phi) is 4.74. The molecule has 3 heteroatoms. The molecule has 90 valence electrons. The summed E-state index contributed by atoms with van der Waals surface area (Å²) >= 11 is 0. The zero-order valence-corrected chi connectivity index (χ0v) is 10.3. The Morgan fingerprint density at radius 2 is 2.06 bits per heavy atom. The molecule has 0 amide bonds. The van der Waals surface area contributed by atoms with Gasteiger partial charge in [-0.05, 0) is 31.4 Å². The van der Waals surface area contributed by atoms with Gasteiger partial charge in [0.15, 0.2) is 5.78 Å². The summed E-state index contributed by atoms with van der Waals surface area (Å²) in [5, 5.41) is 0. The maximum atomic E-state index is 12.2. The van der Waals surface area contributed by atoms with Crippen molar-refractivity contribution >= 4 is 5.78 Å². The molecule has 0 N–H and O–H groups in total. The van der Waals surface area contributed by atoms with Crippen molar-refractivity contribution in [3.8, 4) is 0 Å². The number of Topliss-reactive ketones (excluding diaryl/α,β-unsaturated/α-hetero) is 1. The summed E-state index contributed by atoms with van der Waals surface area (Å²) in [4.78, 5) is 12.2. The number of carbonyl (C=O) groups is 1. The molecule has 0 aliphatic heterocycles. The van der Waals surface area contributed by atoms with Crippen molar-refractivity contribution in [2.45, 2.75) is 45.6 Å². The second-order valence-corrected chi connectivity index (χ2v) is 3.87. The Morgan fingerprint density at radius 1 is 1.38 bits per heavy atom. The summed E-state index contributed by atoms with van der Waals surface area (Å²) in [5.74, 6) is 0.140. The van der Waals surface area contributed by atoms with E-state index < -0.39 is 5.60 Å². The summed E-state index contributed by atoms with van der Waals surface area (Å²) in [6.45, 7) is 6.48. The van der Waals surface area contributed by atoms with Gasteiger partial charge in [0.2, 0.25) is 0 Å². The molecule has 0 spiro atoms. The molecule has 1 aromatic heterocycles. The van der Waals surface area contributed by atoms with E-state index in [4.69, 9.17) is 9.15 Å². The van der Waals surface area contributed by atoms with Crippen LogP contribution in [0.15, 0.2) is 23.0 Å². The predicted octanol–water partition coefficient (Wildman–Crippen LogP) is 2.99. The average Bonchev–Trinajstić information content (AvgIpc) is 2.78. The third-order valence-corrected chi connectivity index (χ3v) is 3.02. The number of rotatable bonds is 7. The van der Waals surface area contributed by atoms with Crippen LogP contribution in [0.5, 0.6) is 0 Å². The molecule has 16 heavy (non-hydrogen) atoms. The molecule has 0 radical (unpaired) electrons. The van der Waals surface area contributed by atoms with E-state index in [1.807, 2.05) is 26.8 Å². The van der Waals surface area contributed by atoms with Crippen LogP contribution in [0, 0.1) is 0 Å². The van der Waals surface area contributed by atoms with Gasteiger partial charge in [-0.25, -0.2) is 0 Å². The van der Waals surface area contributed by atoms with Crippen molar-refractivity contribution in [3.63, 3.8) is 0 Å². The van der Waals surface area contributed by atoms with Gasteiger partial charge in [0.1, 0.15) is 5.60 Å². The highest BCUT2D eigenvalue weighted by atomic mass is 16.5. The second-order valence-electron chi connectivity index (χ2n) is 3.87. The first kappa shape index (κ1) is 13.0. The van der Waals surface area contributed by atoms with E-state index in [0.29, 0.717) is 25.9 Å². The van der Waals surface area contributed by atoms with Gasteiger partial charge in [-0.2, -0.15) is 0 Å². The van der Waals surface area contributed by atoms with Crippen LogP contribution in [0.2, 0.25) is 0 Å². The van der Waals surface area contributed by atoms with Gasteiger partial charge in [0.25, 0.3) is 0 Å². The molecule has 0 saturated carbocycles. The van der Waals surface area contributed by atoms with Gasteiger partial charge < -0.3 is 9.15 Å². The van der Waals surface area contributed by atoms with Gasteiger partial charge in [-0.3, -0.25) is 4.79 Å². The minimum Gasteiger partial charge on any atom is -0.472 e. The van der Waals surface area contributed by atoms with E-state index in [0.717, 1.165) is 5.56 Å². The fraction of sp³-hybridized carbons (Fsp3) is 0.615. The van der Waals surface area contributed by atoms with Crippen molar-refractivity contribution in [2.75, 3.05) is 6.61 Å². The molecule has 1 heterocycles. The quantitative estimate of drug-likeness (QED) is 0.714. The van der Waals surface area contributed by atoms with Crippen LogP contribution in [-0.4, -0.2) is 18.0 Å². The highest BCUT2D eigenvalue weighted by molar-refractivity contribution is 5.89. The lowest BCUT2D eigenvalue weighted by molar-refractivity contribution is -0.144. The second kappa shape index (κ2) is 5.85. The molecule has 0 atom stereocenters. The topological polar surface area (TPSA) is 39.4 Å². The minimum absolute atomic E-state index is 0.140. The normalized spacial score (nSPS) is 11.7. The largest absolute Gasteiger partial charge is 0.472 e. The van der Waals surface area contributed by atoms with Crippen molar-refractivity contribution in [3.05, 3.63) is 24.2 Å². The summed E-state index contributed by atoms with van der Waals surface area (Å²) in [6.07, 6.45) is 5.02. The lowest BCUT2D eigenvalue weighted by atomic mass is 9.88. The van der Waals surface area contributed by atoms with Gasteiger partial charge >= 0.3 is 0 Å². The summed E-state index contributed by atoms with van der Waals surface area (Å²) in [7, 11) is 0. The molecule has 0 aromatic carbocycles. The Bertz CT molecular complexity index is 310. The minimum atomic E-state index is -0.619. The van der Waals surface area contributed by atoms with E-state index >= 15 is 0 Å². The first-order valence-corrected chi connectivity index (χ1v) is 5.86. The van der Waals surface area contributed by atoms with E-state index in [2.05, 4.69) is 0 Å². The smallest absolute Gasteiger partial charge is 0.169 e. The van der Waals surface area contributed by atoms with Crippen LogP contribution in [-0.2, 0) is 16.0 Å². The third-order valence-electron chi connectivity index (χ3n) is 3.02. The first-order chi connectivity index (χ1) is 7.68. The molecule has 3 nitrogen and oxygen atoms in total. The monoisotopic (exact) mass is 224 g/mol. The summed E-state index contributed by atoms with van der Waals surface area (Å²) < 4.78 is 10.6. The SMILES string of the molecule is CCOC(CC)(CC)C(=O)Cc1ccoc1. The fourth-order valence-electron chi connectivity index (χ4n) is 1.94. The lowest BCUT2D eigenvalue weighted by Crippen LogP contribution is -2.41. The van der Waals surface area contributed by atoms with E-state index in [1.54, 1.807) is 12.5 Å². The molecule has 0 saturated heterocycles. The maximum Gasteiger partial charge on any atom is 0.169 e. The molecule has 0 aliphatic carbocycles. The zero-order valence-electron chi connectivity index (χ0n) is 10.3. The maximum absolute atomic E-state index is 12.2. The highest BCUT2D eigenvalue weighted by Gasteiger charge is 2.34. The number of hydrogen-bond donors (Lipinski definition) is 0. The lowest BCUT2D eigenvalue weighted by Gasteiger charge is -2.29. The molecular formula is C13H20O3. The third kappa shape index (κ3) is 2.73. The number of ketones is 1. The molecule has 0 fully saturated rings. The molecule has 0 bridgehead atoms. The highest BCUT2D eigenvalue weighted by Crippen LogP contribution is 2.23.